The zero-order valence-electron chi connectivity index (χ0n) is 17.9. The van der Waals surface area contributed by atoms with E-state index in [-0.39, 0.29) is 0 Å². The molecule has 0 saturated carbocycles. The number of aromatic nitrogens is 2. The Morgan fingerprint density at radius 2 is 1.70 bits per heavy atom. The van der Waals surface area contributed by atoms with Gasteiger partial charge in [-0.1, -0.05) is 47.5 Å². The van der Waals surface area contributed by atoms with Crippen molar-refractivity contribution in [3.63, 3.8) is 0 Å². The van der Waals surface area contributed by atoms with E-state index in [1.54, 1.807) is 0 Å². The smallest absolute Gasteiger partial charge is 0.291 e. The van der Waals surface area contributed by atoms with Crippen molar-refractivity contribution in [3.05, 3.63) is 93.1 Å². The van der Waals surface area contributed by atoms with Gasteiger partial charge in [-0.05, 0) is 57.2 Å². The standard InChI is InChI=1S/C23H28N2S.HNO3/c1-17-5-7-21(8-6-17)9-10-22(15-25-12-11-24-16-25)26-23-19(3)13-18(2)14-20(23)4;2-1(3)4/h5-8,11-14,16,22H,9-10,15H2,1-4H3;(H,2,3,4). The summed E-state index contributed by atoms with van der Waals surface area (Å²) in [5.74, 6) is 0. The van der Waals surface area contributed by atoms with Crippen LogP contribution in [0.2, 0.25) is 0 Å². The normalized spacial score (nSPS) is 11.5. The molecule has 7 heteroatoms. The molecule has 1 heterocycles. The molecule has 0 aliphatic heterocycles. The largest absolute Gasteiger partial charge is 0.336 e. The maximum Gasteiger partial charge on any atom is 0.291 e. The molecule has 1 aromatic heterocycles. The number of aryl methyl sites for hydroxylation is 5. The minimum absolute atomic E-state index is 0.519. The van der Waals surface area contributed by atoms with Crippen LogP contribution in [0, 0.1) is 37.8 Å². The van der Waals surface area contributed by atoms with Gasteiger partial charge in [0.05, 0.1) is 6.33 Å². The van der Waals surface area contributed by atoms with Crippen LogP contribution in [0.25, 0.3) is 0 Å². The first-order chi connectivity index (χ1) is 14.2. The third-order valence-corrected chi connectivity index (χ3v) is 6.34. The first-order valence-electron chi connectivity index (χ1n) is 9.83. The van der Waals surface area contributed by atoms with Crippen molar-refractivity contribution in [2.24, 2.45) is 0 Å². The van der Waals surface area contributed by atoms with Crippen LogP contribution in [0.4, 0.5) is 0 Å². The topological polar surface area (TPSA) is 81.2 Å². The van der Waals surface area contributed by atoms with E-state index in [2.05, 4.69) is 79.8 Å². The van der Waals surface area contributed by atoms with Gasteiger partial charge in [0, 0.05) is 29.1 Å². The van der Waals surface area contributed by atoms with Crippen LogP contribution in [-0.2, 0) is 13.0 Å². The fourth-order valence-electron chi connectivity index (χ4n) is 3.42. The summed E-state index contributed by atoms with van der Waals surface area (Å²) >= 11 is 2.02. The van der Waals surface area contributed by atoms with Gasteiger partial charge in [0.1, 0.15) is 0 Å². The molecule has 0 aliphatic rings. The number of rotatable bonds is 7. The zero-order chi connectivity index (χ0) is 22.1. The molecule has 3 aromatic rings. The van der Waals surface area contributed by atoms with Gasteiger partial charge in [-0.2, -0.15) is 0 Å². The molecule has 0 saturated heterocycles. The van der Waals surface area contributed by atoms with Crippen LogP contribution in [0.3, 0.4) is 0 Å². The van der Waals surface area contributed by atoms with E-state index < -0.39 is 5.09 Å². The van der Waals surface area contributed by atoms with Crippen LogP contribution in [0.15, 0.2) is 60.0 Å². The first kappa shape index (κ1) is 23.5. The molecular formula is C23H29N3O3S. The van der Waals surface area contributed by atoms with Gasteiger partial charge in [0.2, 0.25) is 0 Å². The third kappa shape index (κ3) is 7.91. The second-order valence-corrected chi connectivity index (χ2v) is 8.80. The minimum Gasteiger partial charge on any atom is -0.336 e. The molecule has 160 valence electrons. The molecule has 1 unspecified atom stereocenters. The molecule has 30 heavy (non-hydrogen) atoms. The highest BCUT2D eigenvalue weighted by Crippen LogP contribution is 2.33. The maximum atomic E-state index is 8.36. The van der Waals surface area contributed by atoms with Crippen LogP contribution >= 0.6 is 11.8 Å². The summed E-state index contributed by atoms with van der Waals surface area (Å²) in [5.41, 5.74) is 6.86. The lowest BCUT2D eigenvalue weighted by molar-refractivity contribution is -0.742. The van der Waals surface area contributed by atoms with Crippen LogP contribution < -0.4 is 0 Å². The van der Waals surface area contributed by atoms with Gasteiger partial charge >= 0.3 is 0 Å². The lowest BCUT2D eigenvalue weighted by Gasteiger charge is -2.20. The molecule has 0 spiro atoms. The van der Waals surface area contributed by atoms with Crippen molar-refractivity contribution in [2.45, 2.75) is 57.2 Å². The minimum atomic E-state index is -1.50. The highest BCUT2D eigenvalue weighted by atomic mass is 32.2. The number of hydrogen-bond donors (Lipinski definition) is 1. The molecule has 1 atom stereocenters. The van der Waals surface area contributed by atoms with E-state index in [1.165, 1.54) is 32.7 Å². The quantitative estimate of drug-likeness (QED) is 0.303. The Labute approximate surface area is 182 Å². The highest BCUT2D eigenvalue weighted by Gasteiger charge is 2.15. The van der Waals surface area contributed by atoms with Crippen molar-refractivity contribution in [3.8, 4) is 0 Å². The summed E-state index contributed by atoms with van der Waals surface area (Å²) in [7, 11) is 0. The van der Waals surface area contributed by atoms with Gasteiger partial charge in [-0.3, -0.25) is 0 Å². The van der Waals surface area contributed by atoms with E-state index in [1.807, 2.05) is 24.3 Å². The van der Waals surface area contributed by atoms with Crippen LogP contribution in [-0.4, -0.2) is 25.1 Å². The Bertz CT molecular complexity index is 914. The molecule has 0 aliphatic carbocycles. The van der Waals surface area contributed by atoms with Crippen molar-refractivity contribution in [2.75, 3.05) is 0 Å². The Hall–Kier alpha value is -2.80. The van der Waals surface area contributed by atoms with E-state index in [9.17, 15) is 0 Å². The molecule has 6 nitrogen and oxygen atoms in total. The zero-order valence-corrected chi connectivity index (χ0v) is 18.7. The maximum absolute atomic E-state index is 8.36. The van der Waals surface area contributed by atoms with Crippen LogP contribution in [0.5, 0.6) is 0 Å². The number of nitrogens with zero attached hydrogens (tertiary/aromatic N) is 3. The third-order valence-electron chi connectivity index (χ3n) is 4.74. The summed E-state index contributed by atoms with van der Waals surface area (Å²) in [4.78, 5) is 14.0. The number of thioether (sulfide) groups is 1. The fraction of sp³-hybridized carbons (Fsp3) is 0.348. The molecule has 3 rings (SSSR count). The highest BCUT2D eigenvalue weighted by molar-refractivity contribution is 8.00. The van der Waals surface area contributed by atoms with Gasteiger partial charge in [0.15, 0.2) is 0 Å². The molecule has 0 bridgehead atoms. The van der Waals surface area contributed by atoms with E-state index >= 15 is 0 Å². The molecule has 0 fully saturated rings. The predicted molar refractivity (Wildman–Crippen MR) is 121 cm³/mol. The molecule has 1 N–H and O–H groups in total. The Morgan fingerprint density at radius 1 is 1.10 bits per heavy atom. The SMILES string of the molecule is Cc1ccc(CCC(Cn2ccnc2)Sc2c(C)cc(C)cc2C)cc1.O=[N+]([O-])O. The molecular weight excluding hydrogens is 398 g/mol. The summed E-state index contributed by atoms with van der Waals surface area (Å²) in [6.07, 6.45) is 8.11. The van der Waals surface area contributed by atoms with E-state index in [0.29, 0.717) is 5.25 Å². The molecule has 0 radical (unpaired) electrons. The van der Waals surface area contributed by atoms with Crippen LogP contribution in [0.1, 0.15) is 34.2 Å². The van der Waals surface area contributed by atoms with E-state index in [0.717, 1.165) is 19.4 Å². The Kier molecular flexibility index (Phi) is 8.92. The lowest BCUT2D eigenvalue weighted by atomic mass is 10.1. The van der Waals surface area contributed by atoms with E-state index in [4.69, 9.17) is 15.3 Å². The van der Waals surface area contributed by atoms with Crippen molar-refractivity contribution in [1.29, 1.82) is 0 Å². The Balaban J connectivity index is 0.000000735. The van der Waals surface area contributed by atoms with Gasteiger partial charge in [-0.25, -0.2) is 4.98 Å². The number of hydrogen-bond acceptors (Lipinski definition) is 4. The number of imidazole rings is 1. The molecule has 2 aromatic carbocycles. The second kappa shape index (κ2) is 11.4. The summed E-state index contributed by atoms with van der Waals surface area (Å²) < 4.78 is 2.20. The second-order valence-electron chi connectivity index (χ2n) is 7.49. The number of benzene rings is 2. The van der Waals surface area contributed by atoms with Crippen molar-refractivity contribution < 1.29 is 10.3 Å². The van der Waals surface area contributed by atoms with Gasteiger partial charge in [0.25, 0.3) is 5.09 Å². The van der Waals surface area contributed by atoms with Crippen molar-refractivity contribution >= 4 is 11.8 Å². The molecule has 0 amide bonds. The lowest BCUT2D eigenvalue weighted by Crippen LogP contribution is -2.14. The van der Waals surface area contributed by atoms with Gasteiger partial charge < -0.3 is 9.77 Å². The average molecular weight is 428 g/mol. The fourth-order valence-corrected chi connectivity index (χ4v) is 4.72. The predicted octanol–water partition coefficient (Wildman–Crippen LogP) is 5.56. The van der Waals surface area contributed by atoms with Gasteiger partial charge in [-0.15, -0.1) is 21.9 Å². The summed E-state index contributed by atoms with van der Waals surface area (Å²) in [6.45, 7) is 9.77. The Morgan fingerprint density at radius 3 is 2.23 bits per heavy atom. The average Bonchev–Trinajstić information content (AvgIpc) is 3.16. The summed E-state index contributed by atoms with van der Waals surface area (Å²) in [6, 6.07) is 13.5. The summed E-state index contributed by atoms with van der Waals surface area (Å²) in [5, 5.41) is 14.2. The van der Waals surface area contributed by atoms with Crippen molar-refractivity contribution in [1.82, 2.24) is 9.55 Å². The first-order valence-corrected chi connectivity index (χ1v) is 10.7. The monoisotopic (exact) mass is 427 g/mol.